The van der Waals surface area contributed by atoms with Gasteiger partial charge in [0, 0.05) is 12.7 Å². The van der Waals surface area contributed by atoms with E-state index in [1.807, 2.05) is 0 Å². The minimum atomic E-state index is -0.285. The Balaban J connectivity index is 1.37. The molecule has 0 bridgehead atoms. The number of hydrogen-bond donors (Lipinski definition) is 0. The first kappa shape index (κ1) is 17.2. The highest BCUT2D eigenvalue weighted by atomic mass is 79.9. The highest BCUT2D eigenvalue weighted by Gasteiger charge is 2.25. The summed E-state index contributed by atoms with van der Waals surface area (Å²) >= 11 is 3.15. The second-order valence-electron chi connectivity index (χ2n) is 6.46. The number of hydrogen-bond acceptors (Lipinski definition) is 3. The lowest BCUT2D eigenvalue weighted by Crippen LogP contribution is -2.31. The Bertz CT molecular complexity index is 497. The molecule has 3 nitrogen and oxygen atoms in total. The lowest BCUT2D eigenvalue weighted by Gasteiger charge is -2.32. The molecule has 23 heavy (non-hydrogen) atoms. The zero-order valence-corrected chi connectivity index (χ0v) is 14.9. The van der Waals surface area contributed by atoms with E-state index in [1.165, 1.54) is 12.5 Å². The topological polar surface area (TPSA) is 27.7 Å². The van der Waals surface area contributed by atoms with Crippen LogP contribution in [0.15, 0.2) is 22.7 Å². The van der Waals surface area contributed by atoms with Crippen LogP contribution in [-0.4, -0.2) is 25.6 Å². The predicted octanol–water partition coefficient (Wildman–Crippen LogP) is 5.07. The molecule has 1 atom stereocenters. The zero-order valence-electron chi connectivity index (χ0n) is 13.3. The minimum Gasteiger partial charge on any atom is -0.493 e. The maximum Gasteiger partial charge on any atom is 0.157 e. The van der Waals surface area contributed by atoms with Gasteiger partial charge in [-0.2, -0.15) is 0 Å². The van der Waals surface area contributed by atoms with Crippen molar-refractivity contribution in [1.82, 2.24) is 0 Å². The Labute approximate surface area is 145 Å². The van der Waals surface area contributed by atoms with Crippen molar-refractivity contribution in [3.63, 3.8) is 0 Å². The molecule has 1 unspecified atom stereocenters. The van der Waals surface area contributed by atoms with Gasteiger partial charge < -0.3 is 14.2 Å². The molecule has 0 aromatic heterocycles. The largest absolute Gasteiger partial charge is 0.493 e. The van der Waals surface area contributed by atoms with Gasteiger partial charge in [0.15, 0.2) is 6.29 Å². The second kappa shape index (κ2) is 8.45. The van der Waals surface area contributed by atoms with Gasteiger partial charge in [0.25, 0.3) is 0 Å². The summed E-state index contributed by atoms with van der Waals surface area (Å²) in [6.45, 7) is 1.48. The molecule has 2 fully saturated rings. The van der Waals surface area contributed by atoms with Crippen molar-refractivity contribution in [2.45, 2.75) is 57.3 Å². The SMILES string of the molecule is Fc1cc(OCC2CCC(OC3CCCCO3)CC2)ccc1Br. The quantitative estimate of drug-likeness (QED) is 0.706. The molecule has 1 aliphatic heterocycles. The molecule has 1 saturated heterocycles. The molecule has 1 aliphatic carbocycles. The molecular weight excluding hydrogens is 363 g/mol. The third-order valence-corrected chi connectivity index (χ3v) is 5.30. The molecule has 0 radical (unpaired) electrons. The normalized spacial score (nSPS) is 28.5. The smallest absolute Gasteiger partial charge is 0.157 e. The van der Waals surface area contributed by atoms with Crippen LogP contribution >= 0.6 is 15.9 Å². The second-order valence-corrected chi connectivity index (χ2v) is 7.32. The van der Waals surface area contributed by atoms with Gasteiger partial charge in [-0.25, -0.2) is 4.39 Å². The fraction of sp³-hybridized carbons (Fsp3) is 0.667. The monoisotopic (exact) mass is 386 g/mol. The van der Waals surface area contributed by atoms with Gasteiger partial charge >= 0.3 is 0 Å². The molecule has 5 heteroatoms. The Hall–Kier alpha value is -0.650. The lowest BCUT2D eigenvalue weighted by molar-refractivity contribution is -0.194. The van der Waals surface area contributed by atoms with E-state index in [1.54, 1.807) is 12.1 Å². The van der Waals surface area contributed by atoms with Crippen LogP contribution in [0.2, 0.25) is 0 Å². The summed E-state index contributed by atoms with van der Waals surface area (Å²) in [6, 6.07) is 4.90. The van der Waals surface area contributed by atoms with Crippen LogP contribution in [0.1, 0.15) is 44.9 Å². The van der Waals surface area contributed by atoms with Crippen molar-refractivity contribution in [2.24, 2.45) is 5.92 Å². The molecule has 0 spiro atoms. The highest BCUT2D eigenvalue weighted by molar-refractivity contribution is 9.10. The van der Waals surface area contributed by atoms with Crippen molar-refractivity contribution >= 4 is 15.9 Å². The third-order valence-electron chi connectivity index (χ3n) is 4.65. The Kier molecular flexibility index (Phi) is 6.31. The summed E-state index contributed by atoms with van der Waals surface area (Å²) in [6.07, 6.45) is 8.01. The summed E-state index contributed by atoms with van der Waals surface area (Å²) in [5, 5.41) is 0. The van der Waals surface area contributed by atoms with Crippen LogP contribution in [0.3, 0.4) is 0 Å². The Morgan fingerprint density at radius 3 is 2.65 bits per heavy atom. The maximum atomic E-state index is 13.5. The summed E-state index contributed by atoms with van der Waals surface area (Å²) in [4.78, 5) is 0. The predicted molar refractivity (Wildman–Crippen MR) is 90.0 cm³/mol. The van der Waals surface area contributed by atoms with E-state index < -0.39 is 0 Å². The lowest BCUT2D eigenvalue weighted by atomic mass is 9.88. The van der Waals surface area contributed by atoms with Gasteiger partial charge in [0.05, 0.1) is 17.2 Å². The number of benzene rings is 1. The highest BCUT2D eigenvalue weighted by Crippen LogP contribution is 2.29. The van der Waals surface area contributed by atoms with Gasteiger partial charge in [-0.3, -0.25) is 0 Å². The first-order chi connectivity index (χ1) is 11.2. The molecule has 1 saturated carbocycles. The van der Waals surface area contributed by atoms with E-state index in [0.29, 0.717) is 28.9 Å². The average molecular weight is 387 g/mol. The molecule has 0 N–H and O–H groups in total. The summed E-state index contributed by atoms with van der Waals surface area (Å²) < 4.78 is 31.4. The first-order valence-electron chi connectivity index (χ1n) is 8.55. The molecule has 128 valence electrons. The van der Waals surface area contributed by atoms with Gasteiger partial charge in [-0.05, 0) is 78.9 Å². The van der Waals surface area contributed by atoms with Crippen molar-refractivity contribution in [2.75, 3.05) is 13.2 Å². The van der Waals surface area contributed by atoms with Crippen LogP contribution in [0.4, 0.5) is 4.39 Å². The van der Waals surface area contributed by atoms with Crippen LogP contribution in [-0.2, 0) is 9.47 Å². The maximum absolute atomic E-state index is 13.5. The first-order valence-corrected chi connectivity index (χ1v) is 9.35. The molecule has 1 heterocycles. The van der Waals surface area contributed by atoms with Crippen molar-refractivity contribution in [1.29, 1.82) is 0 Å². The molecule has 3 rings (SSSR count). The van der Waals surface area contributed by atoms with E-state index in [-0.39, 0.29) is 12.1 Å². The summed E-state index contributed by atoms with van der Waals surface area (Å²) in [5.74, 6) is 0.834. The van der Waals surface area contributed by atoms with E-state index in [0.717, 1.165) is 45.1 Å². The van der Waals surface area contributed by atoms with Crippen molar-refractivity contribution in [3.8, 4) is 5.75 Å². The van der Waals surface area contributed by atoms with Crippen LogP contribution in [0.25, 0.3) is 0 Å². The van der Waals surface area contributed by atoms with E-state index in [2.05, 4.69) is 15.9 Å². The average Bonchev–Trinajstić information content (AvgIpc) is 2.58. The standard InChI is InChI=1S/C18H24BrFO3/c19-16-9-8-15(11-17(16)20)22-12-13-4-6-14(7-5-13)23-18-3-1-2-10-21-18/h8-9,11,13-14,18H,1-7,10,12H2. The zero-order chi connectivity index (χ0) is 16.1. The third kappa shape index (κ3) is 5.16. The van der Waals surface area contributed by atoms with Crippen molar-refractivity contribution in [3.05, 3.63) is 28.5 Å². The van der Waals surface area contributed by atoms with Gasteiger partial charge in [-0.15, -0.1) is 0 Å². The Morgan fingerprint density at radius 1 is 1.13 bits per heavy atom. The van der Waals surface area contributed by atoms with Gasteiger partial charge in [0.1, 0.15) is 11.6 Å². The molecular formula is C18H24BrFO3. The van der Waals surface area contributed by atoms with E-state index in [9.17, 15) is 4.39 Å². The van der Waals surface area contributed by atoms with E-state index >= 15 is 0 Å². The number of ether oxygens (including phenoxy) is 3. The Morgan fingerprint density at radius 2 is 1.96 bits per heavy atom. The molecule has 2 aliphatic rings. The summed E-state index contributed by atoms with van der Waals surface area (Å²) in [7, 11) is 0. The minimum absolute atomic E-state index is 0.00675. The van der Waals surface area contributed by atoms with Crippen LogP contribution in [0.5, 0.6) is 5.75 Å². The summed E-state index contributed by atoms with van der Waals surface area (Å²) in [5.41, 5.74) is 0. The van der Waals surface area contributed by atoms with Gasteiger partial charge in [-0.1, -0.05) is 0 Å². The van der Waals surface area contributed by atoms with Gasteiger partial charge in [0.2, 0.25) is 0 Å². The molecule has 1 aromatic carbocycles. The van der Waals surface area contributed by atoms with Crippen LogP contribution < -0.4 is 4.74 Å². The fourth-order valence-corrected chi connectivity index (χ4v) is 3.50. The fourth-order valence-electron chi connectivity index (χ4n) is 3.25. The number of rotatable bonds is 5. The van der Waals surface area contributed by atoms with E-state index in [4.69, 9.17) is 14.2 Å². The van der Waals surface area contributed by atoms with Crippen LogP contribution in [0, 0.1) is 11.7 Å². The van der Waals surface area contributed by atoms with Crippen molar-refractivity contribution < 1.29 is 18.6 Å². The molecule has 0 amide bonds. The number of halogens is 2. The molecule has 1 aromatic rings.